The highest BCUT2D eigenvalue weighted by Crippen LogP contribution is 2.20. The Morgan fingerprint density at radius 3 is 2.72 bits per heavy atom. The summed E-state index contributed by atoms with van der Waals surface area (Å²) in [4.78, 5) is 0. The van der Waals surface area contributed by atoms with Gasteiger partial charge in [0.1, 0.15) is 0 Å². The van der Waals surface area contributed by atoms with Gasteiger partial charge < -0.3 is 0 Å². The number of halogens is 1. The smallest absolute Gasteiger partial charge is 0.0438 e. The van der Waals surface area contributed by atoms with Gasteiger partial charge in [-0.3, -0.25) is 0 Å². The number of aryl methyl sites for hydroxylation is 1. The van der Waals surface area contributed by atoms with E-state index in [-0.39, 0.29) is 0 Å². The first kappa shape index (κ1) is 15.0. The van der Waals surface area contributed by atoms with Crippen LogP contribution in [0.3, 0.4) is 0 Å². The molecule has 0 N–H and O–H groups in total. The van der Waals surface area contributed by atoms with Crippen molar-refractivity contribution in [3.63, 3.8) is 0 Å². The van der Waals surface area contributed by atoms with Gasteiger partial charge in [-0.2, -0.15) is 0 Å². The number of allylic oxidation sites excluding steroid dienone is 3. The molecule has 18 heavy (non-hydrogen) atoms. The second kappa shape index (κ2) is 8.16. The number of rotatable bonds is 7. The zero-order chi connectivity index (χ0) is 13.4. The molecule has 0 aliphatic rings. The topological polar surface area (TPSA) is 0 Å². The molecule has 0 saturated heterocycles. The maximum Gasteiger partial charge on any atom is 0.0438 e. The van der Waals surface area contributed by atoms with Crippen LogP contribution in [0, 0.1) is 6.92 Å². The van der Waals surface area contributed by atoms with Crippen LogP contribution in [0.5, 0.6) is 0 Å². The van der Waals surface area contributed by atoms with Crippen molar-refractivity contribution in [1.29, 1.82) is 0 Å². The second-order valence-corrected chi connectivity index (χ2v) is 5.15. The lowest BCUT2D eigenvalue weighted by Gasteiger charge is -2.08. The summed E-state index contributed by atoms with van der Waals surface area (Å²) in [5.74, 6) is 0. The van der Waals surface area contributed by atoms with Gasteiger partial charge in [-0.05, 0) is 49.8 Å². The Balaban J connectivity index is 2.72. The first-order valence-corrected chi connectivity index (χ1v) is 7.09. The lowest BCUT2D eigenvalue weighted by Crippen LogP contribution is -1.92. The monoisotopic (exact) mass is 262 g/mol. The summed E-state index contributed by atoms with van der Waals surface area (Å²) >= 11 is 6.17. The van der Waals surface area contributed by atoms with Crippen LogP contribution in [0.2, 0.25) is 5.02 Å². The summed E-state index contributed by atoms with van der Waals surface area (Å²) in [7, 11) is 0. The fourth-order valence-corrected chi connectivity index (χ4v) is 2.20. The standard InChI is InChI=1S/C17H23Cl/c1-4-6-7-9-15(8-5-2)12-16-11-10-14(3)17(18)13-16/h4,9-11,13H,1,5-8,12H2,2-3H3/b15-9+. The van der Waals surface area contributed by atoms with Crippen molar-refractivity contribution in [3.8, 4) is 0 Å². The van der Waals surface area contributed by atoms with Crippen molar-refractivity contribution < 1.29 is 0 Å². The van der Waals surface area contributed by atoms with E-state index in [2.05, 4.69) is 37.8 Å². The molecule has 0 nitrogen and oxygen atoms in total. The van der Waals surface area contributed by atoms with E-state index in [1.54, 1.807) is 0 Å². The van der Waals surface area contributed by atoms with E-state index < -0.39 is 0 Å². The molecule has 0 bridgehead atoms. The van der Waals surface area contributed by atoms with Crippen LogP contribution in [0.25, 0.3) is 0 Å². The molecule has 0 radical (unpaired) electrons. The number of hydrogen-bond donors (Lipinski definition) is 0. The number of hydrogen-bond acceptors (Lipinski definition) is 0. The fraction of sp³-hybridized carbons (Fsp3) is 0.412. The van der Waals surface area contributed by atoms with E-state index in [4.69, 9.17) is 11.6 Å². The van der Waals surface area contributed by atoms with Crippen LogP contribution in [-0.2, 0) is 6.42 Å². The SMILES string of the molecule is C=CCC/C=C(\CCC)Cc1ccc(C)c(Cl)c1. The maximum atomic E-state index is 6.17. The molecule has 0 spiro atoms. The van der Waals surface area contributed by atoms with Gasteiger partial charge in [0.2, 0.25) is 0 Å². The molecule has 0 aliphatic carbocycles. The molecular formula is C17H23Cl. The molecule has 0 heterocycles. The molecule has 1 rings (SSSR count). The summed E-state index contributed by atoms with van der Waals surface area (Å²) in [6, 6.07) is 6.37. The Labute approximate surface area is 116 Å². The van der Waals surface area contributed by atoms with Crippen LogP contribution in [0.1, 0.15) is 43.7 Å². The average Bonchev–Trinajstić information content (AvgIpc) is 2.34. The van der Waals surface area contributed by atoms with Crippen molar-refractivity contribution in [3.05, 3.63) is 58.7 Å². The Hall–Kier alpha value is -1.01. The summed E-state index contributed by atoms with van der Waals surface area (Å²) in [5, 5.41) is 0.870. The highest BCUT2D eigenvalue weighted by atomic mass is 35.5. The molecule has 0 amide bonds. The van der Waals surface area contributed by atoms with Crippen molar-refractivity contribution in [2.24, 2.45) is 0 Å². The van der Waals surface area contributed by atoms with E-state index in [0.717, 1.165) is 29.8 Å². The van der Waals surface area contributed by atoms with Gasteiger partial charge in [0.05, 0.1) is 0 Å². The van der Waals surface area contributed by atoms with Crippen molar-refractivity contribution in [2.75, 3.05) is 0 Å². The van der Waals surface area contributed by atoms with E-state index >= 15 is 0 Å². The minimum Gasteiger partial charge on any atom is -0.103 e. The van der Waals surface area contributed by atoms with E-state index in [0.29, 0.717) is 0 Å². The minimum absolute atomic E-state index is 0.870. The Morgan fingerprint density at radius 1 is 1.33 bits per heavy atom. The average molecular weight is 263 g/mol. The van der Waals surface area contributed by atoms with Gasteiger partial charge in [-0.15, -0.1) is 6.58 Å². The molecule has 1 heteroatoms. The van der Waals surface area contributed by atoms with Gasteiger partial charge in [-0.1, -0.05) is 54.8 Å². The van der Waals surface area contributed by atoms with Crippen LogP contribution in [-0.4, -0.2) is 0 Å². The predicted octanol–water partition coefficient (Wildman–Crippen LogP) is 5.88. The Morgan fingerprint density at radius 2 is 2.11 bits per heavy atom. The van der Waals surface area contributed by atoms with Crippen LogP contribution in [0.15, 0.2) is 42.5 Å². The first-order valence-electron chi connectivity index (χ1n) is 6.71. The Bertz CT molecular complexity index is 416. The Kier molecular flexibility index (Phi) is 6.82. The number of benzene rings is 1. The third-order valence-electron chi connectivity index (χ3n) is 3.04. The fourth-order valence-electron chi connectivity index (χ4n) is 2.00. The molecular weight excluding hydrogens is 240 g/mol. The molecule has 1 aromatic rings. The van der Waals surface area contributed by atoms with Crippen molar-refractivity contribution in [2.45, 2.75) is 46.0 Å². The summed E-state index contributed by atoms with van der Waals surface area (Å²) in [5.41, 5.74) is 3.97. The molecule has 0 atom stereocenters. The maximum absolute atomic E-state index is 6.17. The summed E-state index contributed by atoms with van der Waals surface area (Å²) in [6.45, 7) is 8.03. The molecule has 1 aromatic carbocycles. The minimum atomic E-state index is 0.870. The van der Waals surface area contributed by atoms with Crippen molar-refractivity contribution >= 4 is 11.6 Å². The second-order valence-electron chi connectivity index (χ2n) is 4.74. The van der Waals surface area contributed by atoms with Gasteiger partial charge in [0.15, 0.2) is 0 Å². The molecule has 0 fully saturated rings. The zero-order valence-corrected chi connectivity index (χ0v) is 12.3. The van der Waals surface area contributed by atoms with Crippen LogP contribution in [0.4, 0.5) is 0 Å². The van der Waals surface area contributed by atoms with Crippen LogP contribution < -0.4 is 0 Å². The lowest BCUT2D eigenvalue weighted by atomic mass is 9.99. The molecule has 0 aliphatic heterocycles. The predicted molar refractivity (Wildman–Crippen MR) is 82.3 cm³/mol. The zero-order valence-electron chi connectivity index (χ0n) is 11.5. The summed E-state index contributed by atoms with van der Waals surface area (Å²) in [6.07, 6.45) is 9.87. The van der Waals surface area contributed by atoms with Gasteiger partial charge >= 0.3 is 0 Å². The summed E-state index contributed by atoms with van der Waals surface area (Å²) < 4.78 is 0. The molecule has 0 aromatic heterocycles. The molecule has 98 valence electrons. The normalized spacial score (nSPS) is 11.6. The lowest BCUT2D eigenvalue weighted by molar-refractivity contribution is 0.854. The number of unbranched alkanes of at least 4 members (excludes halogenated alkanes) is 1. The first-order chi connectivity index (χ1) is 8.67. The van der Waals surface area contributed by atoms with Gasteiger partial charge in [0, 0.05) is 5.02 Å². The highest BCUT2D eigenvalue weighted by molar-refractivity contribution is 6.31. The quantitative estimate of drug-likeness (QED) is 0.425. The van der Waals surface area contributed by atoms with Gasteiger partial charge in [0.25, 0.3) is 0 Å². The van der Waals surface area contributed by atoms with Crippen LogP contribution >= 0.6 is 11.6 Å². The third-order valence-corrected chi connectivity index (χ3v) is 3.45. The van der Waals surface area contributed by atoms with Crippen molar-refractivity contribution in [1.82, 2.24) is 0 Å². The van der Waals surface area contributed by atoms with E-state index in [1.807, 2.05) is 13.0 Å². The molecule has 0 unspecified atom stereocenters. The molecule has 0 saturated carbocycles. The third kappa shape index (κ3) is 5.10. The van der Waals surface area contributed by atoms with E-state index in [9.17, 15) is 0 Å². The van der Waals surface area contributed by atoms with Gasteiger partial charge in [-0.25, -0.2) is 0 Å². The highest BCUT2D eigenvalue weighted by Gasteiger charge is 2.02. The van der Waals surface area contributed by atoms with E-state index in [1.165, 1.54) is 24.0 Å². The largest absolute Gasteiger partial charge is 0.103 e.